The van der Waals surface area contributed by atoms with Crippen LogP contribution in [0.15, 0.2) is 5.38 Å². The molecule has 0 fully saturated rings. The van der Waals surface area contributed by atoms with Crippen molar-refractivity contribution in [1.29, 1.82) is 0 Å². The molecule has 0 aromatic carbocycles. The fourth-order valence-corrected chi connectivity index (χ4v) is 9.32. The minimum atomic E-state index is 0.576. The SMILES string of the molecule is C=[Se][Se]c1csc(=S)s1. The van der Waals surface area contributed by atoms with E-state index in [9.17, 15) is 0 Å². The Hall–Kier alpha value is 1.18. The summed E-state index contributed by atoms with van der Waals surface area (Å²) in [6.45, 7) is 0. The second kappa shape index (κ2) is 4.14. The van der Waals surface area contributed by atoms with Crippen molar-refractivity contribution in [1.82, 2.24) is 0 Å². The number of hydrogen-bond acceptors (Lipinski definition) is 3. The van der Waals surface area contributed by atoms with E-state index < -0.39 is 0 Å². The van der Waals surface area contributed by atoms with E-state index in [1.54, 1.807) is 22.7 Å². The molecule has 0 saturated carbocycles. The van der Waals surface area contributed by atoms with Crippen molar-refractivity contribution >= 4 is 69.9 Å². The molecule has 0 saturated heterocycles. The van der Waals surface area contributed by atoms with Crippen molar-refractivity contribution in [2.75, 3.05) is 0 Å². The van der Waals surface area contributed by atoms with E-state index >= 15 is 0 Å². The van der Waals surface area contributed by atoms with Crippen molar-refractivity contribution in [3.05, 3.63) is 8.52 Å². The van der Waals surface area contributed by atoms with Gasteiger partial charge in [-0.1, -0.05) is 0 Å². The quantitative estimate of drug-likeness (QED) is 0.578. The van der Waals surface area contributed by atoms with Gasteiger partial charge in [0.05, 0.1) is 0 Å². The van der Waals surface area contributed by atoms with Gasteiger partial charge in [0.2, 0.25) is 0 Å². The van der Waals surface area contributed by atoms with Gasteiger partial charge in [-0.05, 0) is 0 Å². The Kier molecular flexibility index (Phi) is 3.81. The summed E-state index contributed by atoms with van der Waals surface area (Å²) >= 11 is 9.63. The van der Waals surface area contributed by atoms with Crippen LogP contribution in [0.1, 0.15) is 0 Å². The van der Waals surface area contributed by atoms with Crippen LogP contribution in [0.3, 0.4) is 0 Å². The van der Waals surface area contributed by atoms with Gasteiger partial charge < -0.3 is 0 Å². The third kappa shape index (κ3) is 2.72. The Bertz CT molecular complexity index is 248. The van der Waals surface area contributed by atoms with E-state index in [0.717, 1.165) is 3.14 Å². The summed E-state index contributed by atoms with van der Waals surface area (Å²) in [4.78, 5) is 0. The van der Waals surface area contributed by atoms with Crippen LogP contribution in [0.4, 0.5) is 0 Å². The third-order valence-corrected chi connectivity index (χ3v) is 9.45. The number of hydrogen-bond donors (Lipinski definition) is 0. The molecule has 0 nitrogen and oxygen atoms in total. The first-order valence-electron chi connectivity index (χ1n) is 2.00. The molecule has 0 aliphatic heterocycles. The van der Waals surface area contributed by atoms with Gasteiger partial charge in [0.1, 0.15) is 0 Å². The Morgan fingerprint density at radius 1 is 1.67 bits per heavy atom. The zero-order valence-corrected chi connectivity index (χ0v) is 10.2. The van der Waals surface area contributed by atoms with Crippen LogP contribution in [0.2, 0.25) is 0 Å². The Labute approximate surface area is 77.7 Å². The van der Waals surface area contributed by atoms with Gasteiger partial charge >= 0.3 is 78.4 Å². The molecule has 0 N–H and O–H groups in total. The van der Waals surface area contributed by atoms with Gasteiger partial charge in [0.25, 0.3) is 0 Å². The van der Waals surface area contributed by atoms with Crippen LogP contribution in [0.5, 0.6) is 0 Å². The average molecular weight is 305 g/mol. The maximum absolute atomic E-state index is 4.98. The first-order valence-corrected chi connectivity index (χ1v) is 10.5. The summed E-state index contributed by atoms with van der Waals surface area (Å²) in [5.74, 6) is 0. The predicted molar refractivity (Wildman–Crippen MR) is 51.3 cm³/mol. The molecule has 0 amide bonds. The molecule has 5 heteroatoms. The molecule has 0 spiro atoms. The van der Waals surface area contributed by atoms with Crippen LogP contribution >= 0.6 is 34.9 Å². The molecular formula is C4H3S3Se2. The normalized spacial score (nSPS) is 9.33. The summed E-state index contributed by atoms with van der Waals surface area (Å²) in [6, 6.07) is 0. The van der Waals surface area contributed by atoms with E-state index in [-0.39, 0.29) is 0 Å². The van der Waals surface area contributed by atoms with Crippen molar-refractivity contribution in [3.63, 3.8) is 0 Å². The monoisotopic (exact) mass is 307 g/mol. The standard InChI is InChI=1S/C4H3S3Se2/c1-8-9-3-2-6-4(5)7-3/h2H,1H2. The summed E-state index contributed by atoms with van der Waals surface area (Å²) in [5, 5.41) is 2.17. The van der Waals surface area contributed by atoms with E-state index in [4.69, 9.17) is 12.2 Å². The molecule has 1 radical (unpaired) electrons. The molecule has 0 aliphatic rings. The summed E-state index contributed by atoms with van der Waals surface area (Å²) in [7, 11) is 0. The fraction of sp³-hybridized carbons (Fsp3) is 0. The van der Waals surface area contributed by atoms with Crippen LogP contribution in [-0.2, 0) is 0 Å². The molecule has 0 atom stereocenters. The van der Waals surface area contributed by atoms with Crippen LogP contribution in [0.25, 0.3) is 0 Å². The summed E-state index contributed by atoms with van der Waals surface area (Å²) in [5.41, 5.74) is 3.86. The van der Waals surface area contributed by atoms with E-state index in [1.165, 1.54) is 3.78 Å². The summed E-state index contributed by atoms with van der Waals surface area (Å²) < 4.78 is 2.52. The average Bonchev–Trinajstić information content (AvgIpc) is 2.17. The predicted octanol–water partition coefficient (Wildman–Crippen LogP) is 0.920. The summed E-state index contributed by atoms with van der Waals surface area (Å²) in [6.07, 6.45) is 0. The van der Waals surface area contributed by atoms with Crippen molar-refractivity contribution in [2.24, 2.45) is 0 Å². The first kappa shape index (κ1) is 8.28. The molecule has 9 heavy (non-hydrogen) atoms. The van der Waals surface area contributed by atoms with Gasteiger partial charge in [0, 0.05) is 0 Å². The van der Waals surface area contributed by atoms with E-state index in [1.807, 2.05) is 0 Å². The van der Waals surface area contributed by atoms with Gasteiger partial charge in [-0.25, -0.2) is 0 Å². The molecule has 0 unspecified atom stereocenters. The molecule has 49 valence electrons. The Morgan fingerprint density at radius 2 is 2.44 bits per heavy atom. The third-order valence-electron chi connectivity index (χ3n) is 0.576. The van der Waals surface area contributed by atoms with Crippen LogP contribution < -0.4 is 3.78 Å². The number of rotatable bonds is 2. The second-order valence-electron chi connectivity index (χ2n) is 1.11. The molecular weight excluding hydrogens is 302 g/mol. The second-order valence-corrected chi connectivity index (χ2v) is 11.0. The van der Waals surface area contributed by atoms with Crippen molar-refractivity contribution in [3.8, 4) is 0 Å². The first-order chi connectivity index (χ1) is 4.33. The molecule has 1 aromatic heterocycles. The fourth-order valence-electron chi connectivity index (χ4n) is 0.321. The van der Waals surface area contributed by atoms with Gasteiger partial charge in [-0.2, -0.15) is 0 Å². The zero-order valence-electron chi connectivity index (χ0n) is 4.33. The van der Waals surface area contributed by atoms with Crippen molar-refractivity contribution in [2.45, 2.75) is 0 Å². The molecule has 1 rings (SSSR count). The van der Waals surface area contributed by atoms with Gasteiger partial charge in [-0.3, -0.25) is 0 Å². The Balaban J connectivity index is 2.84. The van der Waals surface area contributed by atoms with E-state index in [2.05, 4.69) is 10.8 Å². The van der Waals surface area contributed by atoms with E-state index in [0.29, 0.717) is 25.8 Å². The van der Waals surface area contributed by atoms with Crippen LogP contribution in [0, 0.1) is 3.14 Å². The molecule has 1 aromatic rings. The van der Waals surface area contributed by atoms with Crippen LogP contribution in [-0.4, -0.2) is 31.2 Å². The topological polar surface area (TPSA) is 0 Å². The molecule has 1 heterocycles. The minimum absolute atomic E-state index is 0.576. The maximum atomic E-state index is 4.98. The van der Waals surface area contributed by atoms with Crippen molar-refractivity contribution < 1.29 is 0 Å². The Morgan fingerprint density at radius 3 is 2.89 bits per heavy atom. The zero-order chi connectivity index (χ0) is 6.69. The molecule has 0 bridgehead atoms. The molecule has 0 aliphatic carbocycles. The van der Waals surface area contributed by atoms with Gasteiger partial charge in [-0.15, -0.1) is 0 Å². The van der Waals surface area contributed by atoms with Gasteiger partial charge in [0.15, 0.2) is 0 Å².